The van der Waals surface area contributed by atoms with Gasteiger partial charge < -0.3 is 11.1 Å². The number of carbonyl (C=O) groups excluding carboxylic acids is 1. The largest absolute Gasteiger partial charge is 0.383 e. The Hall–Kier alpha value is -3.39. The van der Waals surface area contributed by atoms with E-state index in [1.54, 1.807) is 24.8 Å². The van der Waals surface area contributed by atoms with Crippen molar-refractivity contribution in [3.63, 3.8) is 0 Å². The number of nitrogens with zero attached hydrogens (tertiary/aromatic N) is 4. The monoisotopic (exact) mass is 404 g/mol. The van der Waals surface area contributed by atoms with Gasteiger partial charge in [0.05, 0.1) is 5.69 Å². The van der Waals surface area contributed by atoms with E-state index in [9.17, 15) is 4.79 Å². The average molecular weight is 404 g/mol. The molecule has 0 radical (unpaired) electrons. The summed E-state index contributed by atoms with van der Waals surface area (Å²) in [7, 11) is 0. The van der Waals surface area contributed by atoms with Crippen LogP contribution < -0.4 is 11.1 Å². The number of hydrogen-bond donors (Lipinski definition) is 2. The third-order valence-corrected chi connectivity index (χ3v) is 5.13. The van der Waals surface area contributed by atoms with Gasteiger partial charge in [0.15, 0.2) is 0 Å². The first-order valence-corrected chi connectivity index (χ1v) is 10.1. The molecule has 1 saturated carbocycles. The Morgan fingerprint density at radius 2 is 2.10 bits per heavy atom. The van der Waals surface area contributed by atoms with Crippen LogP contribution >= 0.6 is 11.5 Å². The van der Waals surface area contributed by atoms with Gasteiger partial charge in [-0.1, -0.05) is 0 Å². The summed E-state index contributed by atoms with van der Waals surface area (Å²) in [6.45, 7) is 2.01. The Bertz CT molecular complexity index is 1120. The number of fused-ring (bicyclic) bond motifs is 1. The molecule has 7 nitrogen and oxygen atoms in total. The number of pyridine rings is 3. The molecule has 4 heterocycles. The van der Waals surface area contributed by atoms with Crippen molar-refractivity contribution in [2.24, 2.45) is 5.92 Å². The van der Waals surface area contributed by atoms with E-state index in [0.717, 1.165) is 40.4 Å². The van der Waals surface area contributed by atoms with Crippen LogP contribution in [0.5, 0.6) is 0 Å². The Kier molecular flexibility index (Phi) is 5.44. The lowest BCUT2D eigenvalue weighted by molar-refractivity contribution is -0.117. The maximum absolute atomic E-state index is 11.9. The Morgan fingerprint density at radius 1 is 1.24 bits per heavy atom. The molecule has 0 spiro atoms. The van der Waals surface area contributed by atoms with E-state index < -0.39 is 0 Å². The van der Waals surface area contributed by atoms with E-state index in [2.05, 4.69) is 24.6 Å². The molecule has 0 aromatic carbocycles. The molecule has 29 heavy (non-hydrogen) atoms. The van der Waals surface area contributed by atoms with Crippen molar-refractivity contribution >= 4 is 39.8 Å². The molecule has 146 valence electrons. The van der Waals surface area contributed by atoms with Gasteiger partial charge in [0.1, 0.15) is 11.6 Å². The van der Waals surface area contributed by atoms with Crippen molar-refractivity contribution in [1.82, 2.24) is 19.3 Å². The fraction of sp³-hybridized carbons (Fsp3) is 0.190. The maximum Gasteiger partial charge on any atom is 0.228 e. The van der Waals surface area contributed by atoms with E-state index in [-0.39, 0.29) is 11.8 Å². The van der Waals surface area contributed by atoms with Crippen molar-refractivity contribution in [3.05, 3.63) is 60.0 Å². The number of hydrogen-bond acceptors (Lipinski definition) is 7. The normalized spacial score (nSPS) is 12.9. The summed E-state index contributed by atoms with van der Waals surface area (Å²) >= 11 is 1.46. The lowest BCUT2D eigenvalue weighted by atomic mass is 10.1. The predicted octanol–water partition coefficient (Wildman–Crippen LogP) is 4.07. The minimum atomic E-state index is 0.0344. The molecule has 1 aliphatic rings. The second-order valence-corrected chi connectivity index (χ2v) is 7.52. The summed E-state index contributed by atoms with van der Waals surface area (Å²) in [4.78, 5) is 24.8. The SMILES string of the molecule is Cc1ccncc1-c1cc2cc(NC(=O)C3CC3)ncc2c(N)n1.c1cnsc1. The van der Waals surface area contributed by atoms with E-state index in [4.69, 9.17) is 5.73 Å². The van der Waals surface area contributed by atoms with Crippen LogP contribution in [0.2, 0.25) is 0 Å². The van der Waals surface area contributed by atoms with Crippen molar-refractivity contribution < 1.29 is 4.79 Å². The fourth-order valence-corrected chi connectivity index (χ4v) is 3.21. The summed E-state index contributed by atoms with van der Waals surface area (Å²) in [6.07, 6.45) is 8.87. The highest BCUT2D eigenvalue weighted by Gasteiger charge is 2.29. The number of anilines is 2. The number of nitrogen functional groups attached to an aromatic ring is 1. The predicted molar refractivity (Wildman–Crippen MR) is 115 cm³/mol. The molecule has 4 aromatic heterocycles. The Labute approximate surface area is 172 Å². The summed E-state index contributed by atoms with van der Waals surface area (Å²) in [5.74, 6) is 1.13. The molecule has 0 bridgehead atoms. The van der Waals surface area contributed by atoms with Gasteiger partial charge in [-0.2, -0.15) is 0 Å². The average Bonchev–Trinajstić information content (AvgIpc) is 3.40. The summed E-state index contributed by atoms with van der Waals surface area (Å²) in [6, 6.07) is 7.63. The lowest BCUT2D eigenvalue weighted by Crippen LogP contribution is -2.14. The maximum atomic E-state index is 11.9. The van der Waals surface area contributed by atoms with Gasteiger partial charge >= 0.3 is 0 Å². The van der Waals surface area contributed by atoms with E-state index >= 15 is 0 Å². The molecule has 0 atom stereocenters. The molecule has 1 fully saturated rings. The molecule has 0 saturated heterocycles. The molecular formula is C21H20N6OS. The molecule has 3 N–H and O–H groups in total. The van der Waals surface area contributed by atoms with Crippen LogP contribution in [0.1, 0.15) is 18.4 Å². The van der Waals surface area contributed by atoms with Gasteiger partial charge in [0.25, 0.3) is 0 Å². The molecule has 0 unspecified atom stereocenters. The smallest absolute Gasteiger partial charge is 0.228 e. The van der Waals surface area contributed by atoms with Crippen molar-refractivity contribution in [1.29, 1.82) is 0 Å². The van der Waals surface area contributed by atoms with Crippen LogP contribution in [-0.4, -0.2) is 25.2 Å². The summed E-state index contributed by atoms with van der Waals surface area (Å²) < 4.78 is 3.76. The topological polar surface area (TPSA) is 107 Å². The van der Waals surface area contributed by atoms with Crippen LogP contribution in [-0.2, 0) is 4.79 Å². The first kappa shape index (κ1) is 18.9. The second kappa shape index (κ2) is 8.32. The fourth-order valence-electron chi connectivity index (χ4n) is 2.86. The first-order valence-electron chi connectivity index (χ1n) is 9.24. The van der Waals surface area contributed by atoms with Crippen LogP contribution in [0, 0.1) is 12.8 Å². The zero-order chi connectivity index (χ0) is 20.2. The van der Waals surface area contributed by atoms with Gasteiger partial charge in [-0.15, -0.1) is 0 Å². The molecular weight excluding hydrogens is 384 g/mol. The highest BCUT2D eigenvalue weighted by atomic mass is 32.1. The number of carbonyl (C=O) groups is 1. The van der Waals surface area contributed by atoms with Gasteiger partial charge in [0.2, 0.25) is 5.91 Å². The van der Waals surface area contributed by atoms with E-state index in [1.165, 1.54) is 11.5 Å². The van der Waals surface area contributed by atoms with Crippen LogP contribution in [0.3, 0.4) is 0 Å². The van der Waals surface area contributed by atoms with Crippen LogP contribution in [0.25, 0.3) is 22.0 Å². The third-order valence-electron chi connectivity index (χ3n) is 4.61. The van der Waals surface area contributed by atoms with E-state index in [0.29, 0.717) is 11.6 Å². The van der Waals surface area contributed by atoms with Crippen LogP contribution in [0.4, 0.5) is 11.6 Å². The molecule has 8 heteroatoms. The molecule has 0 aliphatic heterocycles. The van der Waals surface area contributed by atoms with Crippen LogP contribution in [0.15, 0.2) is 54.4 Å². The second-order valence-electron chi connectivity index (χ2n) is 6.83. The molecule has 1 amide bonds. The number of aryl methyl sites for hydroxylation is 1. The number of nitrogens with two attached hydrogens (primary N) is 1. The number of nitrogens with one attached hydrogen (secondary N) is 1. The first-order chi connectivity index (χ1) is 14.1. The third kappa shape index (κ3) is 4.55. The minimum absolute atomic E-state index is 0.0344. The molecule has 5 rings (SSSR count). The van der Waals surface area contributed by atoms with Crippen molar-refractivity contribution in [3.8, 4) is 11.3 Å². The van der Waals surface area contributed by atoms with Gasteiger partial charge in [0, 0.05) is 47.0 Å². The van der Waals surface area contributed by atoms with E-state index in [1.807, 2.05) is 36.6 Å². The number of aromatic nitrogens is 4. The molecule has 1 aliphatic carbocycles. The van der Waals surface area contributed by atoms with Gasteiger partial charge in [-0.05, 0) is 66.5 Å². The van der Waals surface area contributed by atoms with Gasteiger partial charge in [-0.3, -0.25) is 9.78 Å². The standard InChI is InChI=1S/C18H17N5O.C3H3NS/c1-10-4-5-20-8-13(10)15-6-12-7-16(23-18(24)11-2-3-11)21-9-14(12)17(19)22-15;1-2-4-5-3-1/h4-9,11H,2-3H2,1H3,(H2,19,22)(H,21,23,24);1-3H. The number of rotatable bonds is 3. The zero-order valence-electron chi connectivity index (χ0n) is 15.9. The molecule has 4 aromatic rings. The summed E-state index contributed by atoms with van der Waals surface area (Å²) in [5, 5.41) is 6.45. The highest BCUT2D eigenvalue weighted by Crippen LogP contribution is 2.31. The van der Waals surface area contributed by atoms with Crippen molar-refractivity contribution in [2.45, 2.75) is 19.8 Å². The lowest BCUT2D eigenvalue weighted by Gasteiger charge is -2.10. The van der Waals surface area contributed by atoms with Gasteiger partial charge in [-0.25, -0.2) is 14.3 Å². The quantitative estimate of drug-likeness (QED) is 0.533. The Morgan fingerprint density at radius 3 is 2.76 bits per heavy atom. The Balaban J connectivity index is 0.000000359. The number of amides is 1. The van der Waals surface area contributed by atoms with Crippen molar-refractivity contribution in [2.75, 3.05) is 11.1 Å². The minimum Gasteiger partial charge on any atom is -0.383 e. The summed E-state index contributed by atoms with van der Waals surface area (Å²) in [5.41, 5.74) is 8.87. The highest BCUT2D eigenvalue weighted by molar-refractivity contribution is 7.03. The zero-order valence-corrected chi connectivity index (χ0v) is 16.7.